The van der Waals surface area contributed by atoms with Crippen molar-refractivity contribution in [1.82, 2.24) is 4.98 Å². The molecular weight excluding hydrogens is 484 g/mol. The molecular formula is C28H31F2NO6. The molecule has 0 aromatic carbocycles. The number of alkyl halides is 2. The maximum atomic E-state index is 17.2. The summed E-state index contributed by atoms with van der Waals surface area (Å²) in [7, 11) is 0. The monoisotopic (exact) mass is 515 g/mol. The van der Waals surface area contributed by atoms with Gasteiger partial charge in [-0.15, -0.1) is 0 Å². The van der Waals surface area contributed by atoms with Gasteiger partial charge < -0.3 is 14.9 Å². The maximum Gasteiger partial charge on any atom is 0.338 e. The number of fused-ring (bicyclic) bond motifs is 5. The summed E-state index contributed by atoms with van der Waals surface area (Å²) in [6, 6.07) is 2.87. The Morgan fingerprint density at radius 1 is 1.19 bits per heavy atom. The molecule has 5 rings (SSSR count). The van der Waals surface area contributed by atoms with E-state index in [4.69, 9.17) is 4.74 Å². The Labute approximate surface area is 213 Å². The molecule has 1 heterocycles. The number of aliphatic hydroxyl groups excluding tert-OH is 1. The Balaban J connectivity index is 1.47. The minimum Gasteiger partial charge on any atom is -0.454 e. The first-order chi connectivity index (χ1) is 17.3. The van der Waals surface area contributed by atoms with Gasteiger partial charge in [0.15, 0.2) is 18.1 Å². The highest BCUT2D eigenvalue weighted by molar-refractivity contribution is 6.01. The first-order valence-electron chi connectivity index (χ1n) is 12.6. The second-order valence-corrected chi connectivity index (χ2v) is 11.5. The highest BCUT2D eigenvalue weighted by atomic mass is 19.1. The second-order valence-electron chi connectivity index (χ2n) is 11.5. The lowest BCUT2D eigenvalue weighted by Crippen LogP contribution is -2.70. The summed E-state index contributed by atoms with van der Waals surface area (Å²) >= 11 is 0. The van der Waals surface area contributed by atoms with E-state index in [1.807, 2.05) is 0 Å². The Morgan fingerprint density at radius 2 is 1.86 bits per heavy atom. The molecule has 9 heteroatoms. The fraction of sp³-hybridized carbons (Fsp3) is 0.571. The summed E-state index contributed by atoms with van der Waals surface area (Å²) in [5.74, 6) is -4.23. The molecule has 0 bridgehead atoms. The third-order valence-corrected chi connectivity index (χ3v) is 9.89. The van der Waals surface area contributed by atoms with E-state index in [1.165, 1.54) is 43.6 Å². The van der Waals surface area contributed by atoms with Gasteiger partial charge in [-0.2, -0.15) is 0 Å². The number of allylic oxidation sites excluding steroid dienone is 4. The van der Waals surface area contributed by atoms with E-state index in [0.29, 0.717) is 0 Å². The summed E-state index contributed by atoms with van der Waals surface area (Å²) in [6.07, 6.45) is 2.94. The normalized spacial score (nSPS) is 44.4. The highest BCUT2D eigenvalue weighted by Crippen LogP contribution is 2.70. The van der Waals surface area contributed by atoms with Crippen LogP contribution in [-0.2, 0) is 14.3 Å². The lowest BCUT2D eigenvalue weighted by atomic mass is 9.44. The molecule has 0 aliphatic heterocycles. The van der Waals surface area contributed by atoms with Crippen molar-refractivity contribution in [1.29, 1.82) is 0 Å². The first kappa shape index (κ1) is 25.9. The molecule has 9 atom stereocenters. The molecule has 198 valence electrons. The minimum absolute atomic E-state index is 0.0156. The fourth-order valence-electron chi connectivity index (χ4n) is 7.95. The molecule has 4 aliphatic carbocycles. The topological polar surface area (TPSA) is 114 Å². The molecule has 0 amide bonds. The van der Waals surface area contributed by atoms with Gasteiger partial charge >= 0.3 is 5.97 Å². The smallest absolute Gasteiger partial charge is 0.338 e. The molecule has 3 fully saturated rings. The Morgan fingerprint density at radius 3 is 2.54 bits per heavy atom. The van der Waals surface area contributed by atoms with Crippen molar-refractivity contribution < 1.29 is 38.1 Å². The number of carbonyl (C=O) groups excluding carboxylic acids is 3. The van der Waals surface area contributed by atoms with Gasteiger partial charge in [-0.05, 0) is 67.9 Å². The van der Waals surface area contributed by atoms with E-state index in [0.717, 1.165) is 6.08 Å². The zero-order valence-electron chi connectivity index (χ0n) is 21.0. The van der Waals surface area contributed by atoms with Crippen LogP contribution in [0, 0.1) is 28.6 Å². The predicted molar refractivity (Wildman–Crippen MR) is 128 cm³/mol. The van der Waals surface area contributed by atoms with Crippen LogP contribution >= 0.6 is 0 Å². The molecule has 3 saturated carbocycles. The summed E-state index contributed by atoms with van der Waals surface area (Å²) in [5, 5.41) is 23.2. The fourth-order valence-corrected chi connectivity index (χ4v) is 7.95. The summed E-state index contributed by atoms with van der Waals surface area (Å²) < 4.78 is 37.9. The number of ether oxygens (including phenoxy) is 1. The zero-order valence-corrected chi connectivity index (χ0v) is 21.0. The van der Waals surface area contributed by atoms with Crippen LogP contribution < -0.4 is 0 Å². The lowest BCUT2D eigenvalue weighted by molar-refractivity contribution is -0.223. The van der Waals surface area contributed by atoms with Gasteiger partial charge in [0.1, 0.15) is 11.8 Å². The van der Waals surface area contributed by atoms with E-state index in [9.17, 15) is 24.6 Å². The van der Waals surface area contributed by atoms with Crippen LogP contribution in [0.1, 0.15) is 50.4 Å². The Bertz CT molecular complexity index is 1220. The first-order valence-corrected chi connectivity index (χ1v) is 12.6. The van der Waals surface area contributed by atoms with Gasteiger partial charge in [0.25, 0.3) is 0 Å². The number of hydrogen-bond donors (Lipinski definition) is 2. The molecule has 0 saturated heterocycles. The van der Waals surface area contributed by atoms with E-state index < -0.39 is 76.3 Å². The van der Waals surface area contributed by atoms with E-state index in [1.54, 1.807) is 13.8 Å². The standard InChI is InChI=1S/C28H31F2NO6/c1-15-10-18-19-12-21(29)20-11-17(32)4-7-25(20,2)27(19,30)22(33)13-26(18,3)28(15,36)23(34)14-37-24(35)16-5-8-31-9-6-16/h4-9,11,15,18-19,21-22,33,36H,10,12-14H2,1-3H3/t15-,18+,19+,21+,22+,25+,26+,27+,28+/m1/s1. The molecule has 1 aromatic heterocycles. The molecule has 4 aliphatic rings. The van der Waals surface area contributed by atoms with Crippen molar-refractivity contribution in [2.45, 2.75) is 63.6 Å². The van der Waals surface area contributed by atoms with Crippen LogP contribution in [0.2, 0.25) is 0 Å². The maximum absolute atomic E-state index is 17.2. The van der Waals surface area contributed by atoms with Crippen molar-refractivity contribution in [2.24, 2.45) is 28.6 Å². The molecule has 2 N–H and O–H groups in total. The molecule has 7 nitrogen and oxygen atoms in total. The van der Waals surface area contributed by atoms with Gasteiger partial charge in [0.2, 0.25) is 5.78 Å². The predicted octanol–water partition coefficient (Wildman–Crippen LogP) is 3.10. The summed E-state index contributed by atoms with van der Waals surface area (Å²) in [4.78, 5) is 41.6. The van der Waals surface area contributed by atoms with Crippen molar-refractivity contribution >= 4 is 17.5 Å². The largest absolute Gasteiger partial charge is 0.454 e. The van der Waals surface area contributed by atoms with Gasteiger partial charge in [0.05, 0.1) is 11.7 Å². The molecule has 0 unspecified atom stereocenters. The van der Waals surface area contributed by atoms with E-state index in [2.05, 4.69) is 4.98 Å². The van der Waals surface area contributed by atoms with Gasteiger partial charge in [-0.3, -0.25) is 14.6 Å². The van der Waals surface area contributed by atoms with Gasteiger partial charge in [-0.1, -0.05) is 19.9 Å². The summed E-state index contributed by atoms with van der Waals surface area (Å²) in [5.41, 5.74) is -6.96. The third kappa shape index (κ3) is 3.29. The number of rotatable bonds is 4. The number of ketones is 2. The average molecular weight is 516 g/mol. The van der Waals surface area contributed by atoms with Crippen LogP contribution in [0.15, 0.2) is 48.3 Å². The molecule has 0 spiro atoms. The van der Waals surface area contributed by atoms with Crippen molar-refractivity contribution in [3.8, 4) is 0 Å². The SMILES string of the molecule is C[C@@H]1C[C@H]2[C@@H]3C[C@H](F)C4=CC(=O)C=C[C@]4(C)[C@@]3(F)[C@@H](O)C[C@]2(C)[C@@]1(O)C(=O)COC(=O)c1ccncc1. The number of aromatic nitrogens is 1. The molecule has 37 heavy (non-hydrogen) atoms. The number of esters is 1. The third-order valence-electron chi connectivity index (χ3n) is 9.89. The number of nitrogens with zero attached hydrogens (tertiary/aromatic N) is 1. The summed E-state index contributed by atoms with van der Waals surface area (Å²) in [6.45, 7) is 4.10. The number of Topliss-reactive ketones (excluding diaryl/α,β-unsaturated/α-hetero) is 1. The average Bonchev–Trinajstić information content (AvgIpc) is 3.07. The van der Waals surface area contributed by atoms with Crippen LogP contribution in [0.3, 0.4) is 0 Å². The van der Waals surface area contributed by atoms with Crippen LogP contribution in [-0.4, -0.2) is 62.9 Å². The highest BCUT2D eigenvalue weighted by Gasteiger charge is 2.76. The van der Waals surface area contributed by atoms with Crippen LogP contribution in [0.5, 0.6) is 0 Å². The van der Waals surface area contributed by atoms with E-state index in [-0.39, 0.29) is 30.4 Å². The van der Waals surface area contributed by atoms with Crippen molar-refractivity contribution in [3.63, 3.8) is 0 Å². The second kappa shape index (κ2) is 8.36. The number of aliphatic hydroxyl groups is 2. The zero-order chi connectivity index (χ0) is 27.0. The van der Waals surface area contributed by atoms with Crippen molar-refractivity contribution in [3.05, 3.63) is 53.9 Å². The number of hydrogen-bond acceptors (Lipinski definition) is 7. The quantitative estimate of drug-likeness (QED) is 0.593. The number of carbonyl (C=O) groups is 3. The Kier molecular flexibility index (Phi) is 5.84. The van der Waals surface area contributed by atoms with Gasteiger partial charge in [-0.25, -0.2) is 13.6 Å². The van der Waals surface area contributed by atoms with Crippen molar-refractivity contribution in [2.75, 3.05) is 6.61 Å². The minimum atomic E-state index is -2.30. The van der Waals surface area contributed by atoms with Gasteiger partial charge in [0, 0.05) is 29.1 Å². The lowest BCUT2D eigenvalue weighted by Gasteiger charge is -2.63. The Hall–Kier alpha value is -2.78. The number of halogens is 2. The van der Waals surface area contributed by atoms with E-state index >= 15 is 8.78 Å². The number of pyridine rings is 1. The molecule has 1 aromatic rings. The molecule has 0 radical (unpaired) electrons. The van der Waals surface area contributed by atoms with Crippen LogP contribution in [0.25, 0.3) is 0 Å². The van der Waals surface area contributed by atoms with Crippen LogP contribution in [0.4, 0.5) is 8.78 Å².